The van der Waals surface area contributed by atoms with Gasteiger partial charge in [0.05, 0.1) is 6.10 Å². The number of ether oxygens (including phenoxy) is 1. The minimum Gasteiger partial charge on any atom is -0.481 e. The lowest BCUT2D eigenvalue weighted by atomic mass is 10.1. The standard InChI is InChI=1S/C17H25NO3/c1-4-12(5-2)18-17(20)11(3)21-16-8-6-7-13-14(16)9-10-15(13)19/h6-8,11-12,15,19H,4-5,9-10H2,1-3H3,(H,18,20). The maximum atomic E-state index is 12.2. The Morgan fingerprint density at radius 2 is 2.14 bits per heavy atom. The average Bonchev–Trinajstić information content (AvgIpc) is 2.87. The molecule has 2 atom stereocenters. The maximum Gasteiger partial charge on any atom is 0.260 e. The van der Waals surface area contributed by atoms with Gasteiger partial charge in [-0.25, -0.2) is 0 Å². The molecule has 0 heterocycles. The number of amides is 1. The van der Waals surface area contributed by atoms with E-state index in [4.69, 9.17) is 4.74 Å². The first-order valence-corrected chi connectivity index (χ1v) is 7.83. The molecule has 0 bridgehead atoms. The van der Waals surface area contributed by atoms with Crippen molar-refractivity contribution in [2.24, 2.45) is 0 Å². The van der Waals surface area contributed by atoms with Crippen molar-refractivity contribution in [2.45, 2.75) is 64.7 Å². The third-order valence-electron chi connectivity index (χ3n) is 4.20. The Kier molecular flexibility index (Phi) is 5.23. The number of hydrogen-bond donors (Lipinski definition) is 2. The van der Waals surface area contributed by atoms with Gasteiger partial charge in [-0.1, -0.05) is 26.0 Å². The molecule has 1 amide bonds. The lowest BCUT2D eigenvalue weighted by Crippen LogP contribution is -2.42. The number of aliphatic hydroxyl groups is 1. The van der Waals surface area contributed by atoms with Gasteiger partial charge in [0.2, 0.25) is 0 Å². The number of aliphatic hydroxyl groups excluding tert-OH is 1. The Balaban J connectivity index is 2.03. The van der Waals surface area contributed by atoms with Gasteiger partial charge in [-0.2, -0.15) is 0 Å². The molecule has 0 fully saturated rings. The fourth-order valence-corrected chi connectivity index (χ4v) is 2.76. The van der Waals surface area contributed by atoms with Gasteiger partial charge >= 0.3 is 0 Å². The van der Waals surface area contributed by atoms with E-state index < -0.39 is 12.2 Å². The summed E-state index contributed by atoms with van der Waals surface area (Å²) in [6.45, 7) is 5.89. The molecule has 1 aliphatic rings. The van der Waals surface area contributed by atoms with E-state index in [1.165, 1.54) is 0 Å². The predicted molar refractivity (Wildman–Crippen MR) is 82.3 cm³/mol. The SMILES string of the molecule is CCC(CC)NC(=O)C(C)Oc1cccc2c1CCC2O. The molecule has 0 saturated heterocycles. The van der Waals surface area contributed by atoms with Gasteiger partial charge in [-0.15, -0.1) is 0 Å². The van der Waals surface area contributed by atoms with Crippen LogP contribution in [-0.4, -0.2) is 23.2 Å². The third-order valence-corrected chi connectivity index (χ3v) is 4.20. The van der Waals surface area contributed by atoms with Gasteiger partial charge in [-0.05, 0) is 44.2 Å². The molecule has 116 valence electrons. The van der Waals surface area contributed by atoms with Crippen LogP contribution in [0, 0.1) is 0 Å². The summed E-state index contributed by atoms with van der Waals surface area (Å²) in [4.78, 5) is 12.2. The highest BCUT2D eigenvalue weighted by Crippen LogP contribution is 2.37. The van der Waals surface area contributed by atoms with Crippen LogP contribution in [0.15, 0.2) is 18.2 Å². The summed E-state index contributed by atoms with van der Waals surface area (Å²) in [6.07, 6.45) is 2.42. The van der Waals surface area contributed by atoms with Crippen LogP contribution in [-0.2, 0) is 11.2 Å². The van der Waals surface area contributed by atoms with Crippen molar-refractivity contribution in [1.82, 2.24) is 5.32 Å². The predicted octanol–water partition coefficient (Wildman–Crippen LogP) is 2.74. The van der Waals surface area contributed by atoms with E-state index in [0.29, 0.717) is 0 Å². The van der Waals surface area contributed by atoms with Crippen molar-refractivity contribution in [3.8, 4) is 5.75 Å². The van der Waals surface area contributed by atoms with E-state index in [0.717, 1.165) is 42.6 Å². The van der Waals surface area contributed by atoms with Crippen LogP contribution in [0.2, 0.25) is 0 Å². The van der Waals surface area contributed by atoms with Crippen molar-refractivity contribution in [1.29, 1.82) is 0 Å². The summed E-state index contributed by atoms with van der Waals surface area (Å²) in [5.74, 6) is 0.635. The molecule has 0 radical (unpaired) electrons. The monoisotopic (exact) mass is 291 g/mol. The Morgan fingerprint density at radius 1 is 1.43 bits per heavy atom. The number of carbonyl (C=O) groups is 1. The fraction of sp³-hybridized carbons (Fsp3) is 0.588. The van der Waals surface area contributed by atoms with E-state index >= 15 is 0 Å². The third kappa shape index (κ3) is 3.56. The average molecular weight is 291 g/mol. The Labute approximate surface area is 126 Å². The van der Waals surface area contributed by atoms with Crippen LogP contribution in [0.25, 0.3) is 0 Å². The van der Waals surface area contributed by atoms with Crippen LogP contribution < -0.4 is 10.1 Å². The molecule has 0 saturated carbocycles. The maximum absolute atomic E-state index is 12.2. The quantitative estimate of drug-likeness (QED) is 0.847. The first kappa shape index (κ1) is 15.8. The second-order valence-electron chi connectivity index (χ2n) is 5.66. The van der Waals surface area contributed by atoms with Gasteiger partial charge in [0.25, 0.3) is 5.91 Å². The van der Waals surface area contributed by atoms with Crippen molar-refractivity contribution < 1.29 is 14.6 Å². The molecule has 1 aliphatic carbocycles. The van der Waals surface area contributed by atoms with Gasteiger partial charge < -0.3 is 15.2 Å². The Bertz CT molecular complexity index is 497. The van der Waals surface area contributed by atoms with Crippen molar-refractivity contribution in [3.63, 3.8) is 0 Å². The zero-order valence-electron chi connectivity index (χ0n) is 13.1. The molecule has 0 aromatic heterocycles. The lowest BCUT2D eigenvalue weighted by molar-refractivity contribution is -0.128. The van der Waals surface area contributed by atoms with Crippen molar-refractivity contribution in [2.75, 3.05) is 0 Å². The van der Waals surface area contributed by atoms with E-state index in [2.05, 4.69) is 19.2 Å². The molecular weight excluding hydrogens is 266 g/mol. The van der Waals surface area contributed by atoms with Crippen LogP contribution >= 0.6 is 0 Å². The van der Waals surface area contributed by atoms with Gasteiger partial charge in [-0.3, -0.25) is 4.79 Å². The summed E-state index contributed by atoms with van der Waals surface area (Å²) in [7, 11) is 0. The molecule has 1 aromatic rings. The highest BCUT2D eigenvalue weighted by atomic mass is 16.5. The number of nitrogens with one attached hydrogen (secondary N) is 1. The van der Waals surface area contributed by atoms with Gasteiger partial charge in [0.15, 0.2) is 6.10 Å². The molecule has 1 aromatic carbocycles. The number of hydrogen-bond acceptors (Lipinski definition) is 3. The largest absolute Gasteiger partial charge is 0.481 e. The smallest absolute Gasteiger partial charge is 0.260 e. The summed E-state index contributed by atoms with van der Waals surface area (Å²) < 4.78 is 5.83. The molecule has 0 aliphatic heterocycles. The summed E-state index contributed by atoms with van der Waals surface area (Å²) in [5, 5.41) is 12.9. The zero-order valence-corrected chi connectivity index (χ0v) is 13.1. The number of benzene rings is 1. The summed E-state index contributed by atoms with van der Waals surface area (Å²) >= 11 is 0. The molecule has 2 N–H and O–H groups in total. The summed E-state index contributed by atoms with van der Waals surface area (Å²) in [6, 6.07) is 5.87. The minimum absolute atomic E-state index is 0.0835. The summed E-state index contributed by atoms with van der Waals surface area (Å²) in [5.41, 5.74) is 1.97. The highest BCUT2D eigenvalue weighted by Gasteiger charge is 2.25. The molecular formula is C17H25NO3. The molecule has 4 nitrogen and oxygen atoms in total. The van der Waals surface area contributed by atoms with E-state index in [-0.39, 0.29) is 11.9 Å². The lowest BCUT2D eigenvalue weighted by Gasteiger charge is -2.20. The second kappa shape index (κ2) is 6.94. The first-order chi connectivity index (χ1) is 10.1. The number of carbonyl (C=O) groups excluding carboxylic acids is 1. The first-order valence-electron chi connectivity index (χ1n) is 7.83. The van der Waals surface area contributed by atoms with E-state index in [1.807, 2.05) is 18.2 Å². The molecule has 21 heavy (non-hydrogen) atoms. The van der Waals surface area contributed by atoms with Gasteiger partial charge in [0.1, 0.15) is 5.75 Å². The highest BCUT2D eigenvalue weighted by molar-refractivity contribution is 5.81. The van der Waals surface area contributed by atoms with Gasteiger partial charge in [0, 0.05) is 11.6 Å². The van der Waals surface area contributed by atoms with Crippen LogP contribution in [0.3, 0.4) is 0 Å². The molecule has 0 spiro atoms. The van der Waals surface area contributed by atoms with Crippen LogP contribution in [0.5, 0.6) is 5.75 Å². The molecule has 4 heteroatoms. The van der Waals surface area contributed by atoms with E-state index in [9.17, 15) is 9.90 Å². The Morgan fingerprint density at radius 3 is 2.81 bits per heavy atom. The van der Waals surface area contributed by atoms with Crippen molar-refractivity contribution >= 4 is 5.91 Å². The van der Waals surface area contributed by atoms with Crippen LogP contribution in [0.4, 0.5) is 0 Å². The normalized spacial score (nSPS) is 18.4. The number of rotatable bonds is 6. The topological polar surface area (TPSA) is 58.6 Å². The second-order valence-corrected chi connectivity index (χ2v) is 5.66. The van der Waals surface area contributed by atoms with E-state index in [1.54, 1.807) is 6.92 Å². The van der Waals surface area contributed by atoms with Crippen LogP contribution in [0.1, 0.15) is 57.3 Å². The van der Waals surface area contributed by atoms with Crippen molar-refractivity contribution in [3.05, 3.63) is 29.3 Å². The number of fused-ring (bicyclic) bond motifs is 1. The zero-order chi connectivity index (χ0) is 15.4. The minimum atomic E-state index is -0.533. The molecule has 2 unspecified atom stereocenters. The fourth-order valence-electron chi connectivity index (χ4n) is 2.76. The Hall–Kier alpha value is -1.55. The molecule has 2 rings (SSSR count).